The Hall–Kier alpha value is -1.16. The largest absolute Gasteiger partial charge is 0.296 e. The van der Waals surface area contributed by atoms with Gasteiger partial charge in [-0.2, -0.15) is 0 Å². The molecule has 2 heterocycles. The number of amides is 2. The molecule has 4 heteroatoms. The van der Waals surface area contributed by atoms with Gasteiger partial charge in [-0.25, -0.2) is 0 Å². The molecule has 13 heavy (non-hydrogen) atoms. The zero-order valence-corrected chi connectivity index (χ0v) is 7.76. The summed E-state index contributed by atoms with van der Waals surface area (Å²) in [5.41, 5.74) is 0. The maximum absolute atomic E-state index is 11.1. The molecule has 1 aromatic heterocycles. The first-order valence-electron chi connectivity index (χ1n) is 4.12. The van der Waals surface area contributed by atoms with Crippen LogP contribution in [-0.2, 0) is 9.59 Å². The van der Waals surface area contributed by atoms with Crippen molar-refractivity contribution in [3.63, 3.8) is 0 Å². The van der Waals surface area contributed by atoms with Crippen LogP contribution < -0.4 is 5.32 Å². The number of carbonyl (C=O) groups excluding carboxylic acids is 2. The zero-order chi connectivity index (χ0) is 9.26. The number of piperidine rings is 1. The van der Waals surface area contributed by atoms with Crippen molar-refractivity contribution in [3.8, 4) is 0 Å². The molecular formula is C9H9NO2S. The highest BCUT2D eigenvalue weighted by atomic mass is 32.1. The van der Waals surface area contributed by atoms with E-state index in [1.165, 1.54) is 0 Å². The van der Waals surface area contributed by atoms with Crippen LogP contribution in [0, 0.1) is 0 Å². The number of rotatable bonds is 1. The lowest BCUT2D eigenvalue weighted by Gasteiger charge is -2.19. The molecule has 1 fully saturated rings. The Morgan fingerprint density at radius 3 is 2.54 bits per heavy atom. The first-order valence-corrected chi connectivity index (χ1v) is 5.00. The van der Waals surface area contributed by atoms with Crippen molar-refractivity contribution in [2.75, 3.05) is 0 Å². The summed E-state index contributed by atoms with van der Waals surface area (Å²) in [4.78, 5) is 23.2. The van der Waals surface area contributed by atoms with Gasteiger partial charge >= 0.3 is 0 Å². The molecule has 0 atom stereocenters. The van der Waals surface area contributed by atoms with Gasteiger partial charge in [0.1, 0.15) is 0 Å². The average molecular weight is 195 g/mol. The maximum Gasteiger partial charge on any atom is 0.227 e. The number of imide groups is 1. The summed E-state index contributed by atoms with van der Waals surface area (Å²) in [6.45, 7) is 0. The predicted octanol–water partition coefficient (Wildman–Crippen LogP) is 1.27. The van der Waals surface area contributed by atoms with E-state index in [9.17, 15) is 9.59 Å². The molecule has 1 aliphatic heterocycles. The highest BCUT2D eigenvalue weighted by Gasteiger charge is 2.26. The van der Waals surface area contributed by atoms with Gasteiger partial charge in [0.2, 0.25) is 11.8 Å². The smallest absolute Gasteiger partial charge is 0.227 e. The Morgan fingerprint density at radius 1 is 1.31 bits per heavy atom. The van der Waals surface area contributed by atoms with Crippen LogP contribution in [0.1, 0.15) is 23.6 Å². The second-order valence-electron chi connectivity index (χ2n) is 3.09. The standard InChI is InChI=1S/C9H9NO2S/c11-8-4-6(5-9(12)10-8)7-2-1-3-13-7/h1-3,6H,4-5H2,(H,10,11,12). The summed E-state index contributed by atoms with van der Waals surface area (Å²) >= 11 is 1.60. The van der Waals surface area contributed by atoms with Crippen molar-refractivity contribution >= 4 is 23.2 Å². The molecule has 0 radical (unpaired) electrons. The van der Waals surface area contributed by atoms with E-state index in [0.717, 1.165) is 4.88 Å². The van der Waals surface area contributed by atoms with Crippen LogP contribution >= 0.6 is 11.3 Å². The molecule has 68 valence electrons. The van der Waals surface area contributed by atoms with Gasteiger partial charge in [0.15, 0.2) is 0 Å². The molecule has 0 bridgehead atoms. The fraction of sp³-hybridized carbons (Fsp3) is 0.333. The van der Waals surface area contributed by atoms with Crippen LogP contribution in [0.2, 0.25) is 0 Å². The molecule has 0 aliphatic carbocycles. The second kappa shape index (κ2) is 3.30. The van der Waals surface area contributed by atoms with E-state index in [1.807, 2.05) is 17.5 Å². The Kier molecular flexibility index (Phi) is 2.14. The van der Waals surface area contributed by atoms with Crippen LogP contribution in [0.15, 0.2) is 17.5 Å². The normalized spacial score (nSPS) is 18.8. The topological polar surface area (TPSA) is 46.2 Å². The van der Waals surface area contributed by atoms with Crippen LogP contribution in [0.25, 0.3) is 0 Å². The van der Waals surface area contributed by atoms with Crippen LogP contribution in [0.3, 0.4) is 0 Å². The van der Waals surface area contributed by atoms with E-state index in [0.29, 0.717) is 12.8 Å². The third-order valence-electron chi connectivity index (χ3n) is 2.09. The molecule has 0 saturated carbocycles. The minimum Gasteiger partial charge on any atom is -0.296 e. The Morgan fingerprint density at radius 2 is 2.00 bits per heavy atom. The Bertz CT molecular complexity index is 315. The van der Waals surface area contributed by atoms with Gasteiger partial charge in [0, 0.05) is 23.6 Å². The van der Waals surface area contributed by atoms with E-state index in [4.69, 9.17) is 0 Å². The molecule has 0 aromatic carbocycles. The van der Waals surface area contributed by atoms with Gasteiger partial charge in [-0.15, -0.1) is 11.3 Å². The quantitative estimate of drug-likeness (QED) is 0.686. The lowest BCUT2D eigenvalue weighted by Crippen LogP contribution is -2.37. The number of hydrogen-bond acceptors (Lipinski definition) is 3. The molecule has 0 unspecified atom stereocenters. The maximum atomic E-state index is 11.1. The first kappa shape index (κ1) is 8.44. The van der Waals surface area contributed by atoms with Crippen LogP contribution in [0.4, 0.5) is 0 Å². The number of carbonyl (C=O) groups is 2. The Labute approximate surface area is 79.8 Å². The van der Waals surface area contributed by atoms with Crippen molar-refractivity contribution in [3.05, 3.63) is 22.4 Å². The SMILES string of the molecule is O=C1CC(c2cccs2)CC(=O)N1. The van der Waals surface area contributed by atoms with Crippen LogP contribution in [0.5, 0.6) is 0 Å². The number of hydrogen-bond donors (Lipinski definition) is 1. The Balaban J connectivity index is 2.16. The monoisotopic (exact) mass is 195 g/mol. The summed E-state index contributed by atoms with van der Waals surface area (Å²) < 4.78 is 0. The summed E-state index contributed by atoms with van der Waals surface area (Å²) in [7, 11) is 0. The third kappa shape index (κ3) is 1.78. The first-order chi connectivity index (χ1) is 6.25. The lowest BCUT2D eigenvalue weighted by molar-refractivity contribution is -0.133. The lowest BCUT2D eigenvalue weighted by atomic mass is 9.95. The fourth-order valence-corrected chi connectivity index (χ4v) is 2.33. The molecule has 1 saturated heterocycles. The van der Waals surface area contributed by atoms with Gasteiger partial charge in [0.05, 0.1) is 0 Å². The summed E-state index contributed by atoms with van der Waals surface area (Å²) in [5.74, 6) is -0.217. The number of nitrogens with one attached hydrogen (secondary N) is 1. The molecule has 0 spiro atoms. The van der Waals surface area contributed by atoms with E-state index >= 15 is 0 Å². The van der Waals surface area contributed by atoms with Gasteiger partial charge in [0.25, 0.3) is 0 Å². The van der Waals surface area contributed by atoms with Gasteiger partial charge in [-0.1, -0.05) is 6.07 Å². The van der Waals surface area contributed by atoms with Crippen molar-refractivity contribution in [1.29, 1.82) is 0 Å². The van der Waals surface area contributed by atoms with Crippen molar-refractivity contribution < 1.29 is 9.59 Å². The summed E-state index contributed by atoms with van der Waals surface area (Å²) in [6.07, 6.45) is 0.874. The van der Waals surface area contributed by atoms with E-state index < -0.39 is 0 Å². The van der Waals surface area contributed by atoms with Crippen LogP contribution in [-0.4, -0.2) is 11.8 Å². The average Bonchev–Trinajstić information content (AvgIpc) is 2.53. The summed E-state index contributed by atoms with van der Waals surface area (Å²) in [6, 6.07) is 3.91. The molecule has 1 N–H and O–H groups in total. The van der Waals surface area contributed by atoms with Crippen molar-refractivity contribution in [2.45, 2.75) is 18.8 Å². The van der Waals surface area contributed by atoms with E-state index in [2.05, 4.69) is 5.32 Å². The fourth-order valence-electron chi connectivity index (χ4n) is 1.50. The zero-order valence-electron chi connectivity index (χ0n) is 6.95. The second-order valence-corrected chi connectivity index (χ2v) is 4.07. The van der Waals surface area contributed by atoms with Gasteiger partial charge in [-0.05, 0) is 11.4 Å². The predicted molar refractivity (Wildman–Crippen MR) is 49.4 cm³/mol. The molecule has 3 nitrogen and oxygen atoms in total. The minimum absolute atomic E-state index is 0.0984. The number of thiophene rings is 1. The molecule has 2 rings (SSSR count). The van der Waals surface area contributed by atoms with Crippen molar-refractivity contribution in [2.24, 2.45) is 0 Å². The third-order valence-corrected chi connectivity index (χ3v) is 3.12. The van der Waals surface area contributed by atoms with Gasteiger partial charge in [-0.3, -0.25) is 14.9 Å². The molecule has 1 aromatic rings. The minimum atomic E-state index is -0.158. The highest BCUT2D eigenvalue weighted by molar-refractivity contribution is 7.10. The molecular weight excluding hydrogens is 186 g/mol. The highest BCUT2D eigenvalue weighted by Crippen LogP contribution is 2.29. The van der Waals surface area contributed by atoms with E-state index in [1.54, 1.807) is 11.3 Å². The van der Waals surface area contributed by atoms with Crippen molar-refractivity contribution in [1.82, 2.24) is 5.32 Å². The molecule has 1 aliphatic rings. The molecule has 2 amide bonds. The summed E-state index contributed by atoms with van der Waals surface area (Å²) in [5, 5.41) is 4.26. The van der Waals surface area contributed by atoms with E-state index in [-0.39, 0.29) is 17.7 Å². The van der Waals surface area contributed by atoms with Gasteiger partial charge < -0.3 is 0 Å².